The summed E-state index contributed by atoms with van der Waals surface area (Å²) in [7, 11) is 0. The summed E-state index contributed by atoms with van der Waals surface area (Å²) in [6, 6.07) is 1.96. The van der Waals surface area contributed by atoms with Crippen LogP contribution in [-0.4, -0.2) is 5.91 Å². The van der Waals surface area contributed by atoms with E-state index in [-0.39, 0.29) is 5.91 Å². The fourth-order valence-electron chi connectivity index (χ4n) is 0.708. The van der Waals surface area contributed by atoms with Crippen LogP contribution in [0.2, 0.25) is 0 Å². The average Bonchev–Trinajstić information content (AvgIpc) is 2.49. The first-order valence-corrected chi connectivity index (χ1v) is 5.81. The molecule has 1 amide bonds. The molecular formula is C8H5Br2NOS. The summed E-state index contributed by atoms with van der Waals surface area (Å²) in [4.78, 5) is 13.3. The molecule has 2 nitrogen and oxygen atoms in total. The number of hydrogen-bond acceptors (Lipinski definition) is 2. The largest absolute Gasteiger partial charge is 0.341 e. The first kappa shape index (κ1) is 10.8. The predicted molar refractivity (Wildman–Crippen MR) is 60.6 cm³/mol. The van der Waals surface area contributed by atoms with Crippen molar-refractivity contribution < 1.29 is 4.79 Å². The van der Waals surface area contributed by atoms with E-state index in [0.717, 1.165) is 9.35 Å². The van der Waals surface area contributed by atoms with Crippen molar-refractivity contribution in [2.75, 3.05) is 0 Å². The number of rotatable bonds is 2. The zero-order valence-electron chi connectivity index (χ0n) is 6.43. The maximum Gasteiger partial charge on any atom is 0.297 e. The summed E-state index contributed by atoms with van der Waals surface area (Å²) in [6.45, 7) is 0.516. The Kier molecular flexibility index (Phi) is 4.50. The monoisotopic (exact) mass is 321 g/mol. The smallest absolute Gasteiger partial charge is 0.297 e. The normalized spacial score (nSPS) is 8.77. The first-order chi connectivity index (χ1) is 6.22. The zero-order valence-corrected chi connectivity index (χ0v) is 10.4. The molecular weight excluding hydrogens is 318 g/mol. The first-order valence-electron chi connectivity index (χ1n) is 3.35. The van der Waals surface area contributed by atoms with Crippen molar-refractivity contribution >= 4 is 49.1 Å². The third-order valence-corrected chi connectivity index (χ3v) is 2.99. The summed E-state index contributed by atoms with van der Waals surface area (Å²) >= 11 is 7.78. The number of carbonyl (C=O) groups excluding carboxylic acids is 1. The van der Waals surface area contributed by atoms with Crippen LogP contribution < -0.4 is 5.32 Å². The van der Waals surface area contributed by atoms with Crippen molar-refractivity contribution in [1.82, 2.24) is 5.32 Å². The van der Waals surface area contributed by atoms with Gasteiger partial charge in [0.1, 0.15) is 0 Å². The van der Waals surface area contributed by atoms with Gasteiger partial charge in [-0.2, -0.15) is 0 Å². The summed E-state index contributed by atoms with van der Waals surface area (Å²) in [5.41, 5.74) is 1.07. The topological polar surface area (TPSA) is 29.1 Å². The zero-order chi connectivity index (χ0) is 9.68. The van der Waals surface area contributed by atoms with Gasteiger partial charge in [0.2, 0.25) is 0 Å². The van der Waals surface area contributed by atoms with Crippen LogP contribution in [0.1, 0.15) is 5.56 Å². The van der Waals surface area contributed by atoms with E-state index < -0.39 is 0 Å². The van der Waals surface area contributed by atoms with Crippen molar-refractivity contribution in [3.63, 3.8) is 0 Å². The molecule has 0 bridgehead atoms. The van der Waals surface area contributed by atoms with Crippen LogP contribution in [0.5, 0.6) is 0 Å². The van der Waals surface area contributed by atoms with Gasteiger partial charge in [-0.1, -0.05) is 0 Å². The third-order valence-electron chi connectivity index (χ3n) is 1.24. The Morgan fingerprint density at radius 1 is 1.69 bits per heavy atom. The number of nitrogens with one attached hydrogen (secondary N) is 1. The highest BCUT2D eigenvalue weighted by Crippen LogP contribution is 2.20. The fraction of sp³-hybridized carbons (Fsp3) is 0.125. The number of hydrogen-bond donors (Lipinski definition) is 1. The van der Waals surface area contributed by atoms with E-state index in [1.807, 2.05) is 11.4 Å². The molecule has 1 aromatic heterocycles. The van der Waals surface area contributed by atoms with Crippen molar-refractivity contribution in [3.8, 4) is 10.8 Å². The Labute approximate surface area is 97.0 Å². The molecule has 0 spiro atoms. The number of thiophene rings is 1. The molecule has 1 heterocycles. The van der Waals surface area contributed by atoms with E-state index in [1.54, 1.807) is 11.3 Å². The van der Waals surface area contributed by atoms with Crippen LogP contribution in [0.25, 0.3) is 0 Å². The van der Waals surface area contributed by atoms with Gasteiger partial charge in [0.05, 0.1) is 3.79 Å². The minimum absolute atomic E-state index is 0.279. The molecule has 68 valence electrons. The van der Waals surface area contributed by atoms with Gasteiger partial charge in [0.25, 0.3) is 5.91 Å². The average molecular weight is 323 g/mol. The molecule has 0 radical (unpaired) electrons. The molecule has 5 heteroatoms. The summed E-state index contributed by atoms with van der Waals surface area (Å²) in [5.74, 6) is 2.05. The van der Waals surface area contributed by atoms with E-state index in [1.165, 1.54) is 0 Å². The standard InChI is InChI=1S/C8H5Br2NOS/c9-2-1-8(12)11-4-6-3-7(10)13-5-6/h3,5H,4H2,(H,11,12). The molecule has 0 saturated heterocycles. The van der Waals surface area contributed by atoms with Gasteiger partial charge < -0.3 is 5.32 Å². The van der Waals surface area contributed by atoms with Crippen molar-refractivity contribution in [2.24, 2.45) is 0 Å². The molecule has 0 aliphatic carbocycles. The minimum atomic E-state index is -0.279. The van der Waals surface area contributed by atoms with Gasteiger partial charge in [0.15, 0.2) is 0 Å². The molecule has 1 aromatic rings. The van der Waals surface area contributed by atoms with Crippen molar-refractivity contribution in [3.05, 3.63) is 20.8 Å². The van der Waals surface area contributed by atoms with Crippen LogP contribution in [-0.2, 0) is 11.3 Å². The summed E-state index contributed by atoms with van der Waals surface area (Å²) in [6.07, 6.45) is 0. The molecule has 0 fully saturated rings. The maximum absolute atomic E-state index is 10.9. The van der Waals surface area contributed by atoms with Crippen LogP contribution >= 0.6 is 43.2 Å². The van der Waals surface area contributed by atoms with Gasteiger partial charge in [-0.3, -0.25) is 4.79 Å². The Hall–Kier alpha value is -0.310. The van der Waals surface area contributed by atoms with E-state index in [2.05, 4.69) is 47.9 Å². The molecule has 1 N–H and O–H groups in total. The van der Waals surface area contributed by atoms with Crippen LogP contribution in [0.15, 0.2) is 15.2 Å². The minimum Gasteiger partial charge on any atom is -0.341 e. The quantitative estimate of drug-likeness (QED) is 0.833. The molecule has 0 saturated carbocycles. The Morgan fingerprint density at radius 2 is 2.46 bits per heavy atom. The van der Waals surface area contributed by atoms with E-state index in [9.17, 15) is 4.79 Å². The van der Waals surface area contributed by atoms with Crippen LogP contribution in [0, 0.1) is 10.8 Å². The second-order valence-corrected chi connectivity index (χ2v) is 4.85. The third kappa shape index (κ3) is 3.94. The lowest BCUT2D eigenvalue weighted by Crippen LogP contribution is -2.20. The van der Waals surface area contributed by atoms with E-state index in [0.29, 0.717) is 6.54 Å². The highest BCUT2D eigenvalue weighted by molar-refractivity contribution is 9.12. The molecule has 0 aliphatic heterocycles. The second-order valence-electron chi connectivity index (χ2n) is 2.16. The number of amides is 1. The highest BCUT2D eigenvalue weighted by Gasteiger charge is 1.98. The molecule has 13 heavy (non-hydrogen) atoms. The Morgan fingerprint density at radius 3 is 3.00 bits per heavy atom. The summed E-state index contributed by atoms with van der Waals surface area (Å²) < 4.78 is 1.06. The van der Waals surface area contributed by atoms with E-state index in [4.69, 9.17) is 0 Å². The lowest BCUT2D eigenvalue weighted by atomic mass is 10.3. The van der Waals surface area contributed by atoms with Crippen molar-refractivity contribution in [2.45, 2.75) is 6.54 Å². The molecule has 0 atom stereocenters. The molecule has 1 rings (SSSR count). The predicted octanol–water partition coefficient (Wildman–Crippen LogP) is 2.48. The van der Waals surface area contributed by atoms with Gasteiger partial charge in [-0.15, -0.1) is 11.3 Å². The SMILES string of the molecule is O=C(C#CBr)NCc1csc(Br)c1. The van der Waals surface area contributed by atoms with E-state index >= 15 is 0 Å². The van der Waals surface area contributed by atoms with Gasteiger partial charge >= 0.3 is 0 Å². The Balaban J connectivity index is 2.42. The molecule has 0 unspecified atom stereocenters. The number of halogens is 2. The number of carbonyl (C=O) groups is 1. The maximum atomic E-state index is 10.9. The van der Waals surface area contributed by atoms with Gasteiger partial charge in [0, 0.05) is 28.4 Å². The lowest BCUT2D eigenvalue weighted by Gasteiger charge is -1.96. The fourth-order valence-corrected chi connectivity index (χ4v) is 2.10. The van der Waals surface area contributed by atoms with Gasteiger partial charge in [-0.25, -0.2) is 0 Å². The summed E-state index contributed by atoms with van der Waals surface area (Å²) in [5, 5.41) is 4.63. The molecule has 0 aliphatic rings. The second kappa shape index (κ2) is 5.43. The molecule has 0 aromatic carbocycles. The van der Waals surface area contributed by atoms with Crippen LogP contribution in [0.3, 0.4) is 0 Å². The van der Waals surface area contributed by atoms with Gasteiger partial charge in [-0.05, 0) is 37.8 Å². The van der Waals surface area contributed by atoms with Crippen molar-refractivity contribution in [1.29, 1.82) is 0 Å². The van der Waals surface area contributed by atoms with Crippen LogP contribution in [0.4, 0.5) is 0 Å². The lowest BCUT2D eigenvalue weighted by molar-refractivity contribution is -0.115. The highest BCUT2D eigenvalue weighted by atomic mass is 79.9. The Bertz CT molecular complexity index is 364.